The quantitative estimate of drug-likeness (QED) is 0.874. The normalized spacial score (nSPS) is 21.8. The molecule has 2 heterocycles. The van der Waals surface area contributed by atoms with Crippen molar-refractivity contribution >= 4 is 17.4 Å². The highest BCUT2D eigenvalue weighted by molar-refractivity contribution is 5.89. The van der Waals surface area contributed by atoms with Gasteiger partial charge >= 0.3 is 6.03 Å². The number of benzene rings is 1. The summed E-state index contributed by atoms with van der Waals surface area (Å²) in [7, 11) is 0. The van der Waals surface area contributed by atoms with Gasteiger partial charge in [0.15, 0.2) is 0 Å². The van der Waals surface area contributed by atoms with E-state index >= 15 is 0 Å². The van der Waals surface area contributed by atoms with E-state index in [0.29, 0.717) is 6.10 Å². The van der Waals surface area contributed by atoms with Crippen LogP contribution in [0, 0.1) is 0 Å². The van der Waals surface area contributed by atoms with E-state index in [1.165, 1.54) is 25.7 Å². The molecule has 2 N–H and O–H groups in total. The second-order valence-electron chi connectivity index (χ2n) is 6.78. The molecule has 1 aromatic carbocycles. The number of likely N-dealkylation sites (tertiary alicyclic amines) is 1. The molecule has 1 aromatic rings. The Bertz CT molecular complexity index is 504. The summed E-state index contributed by atoms with van der Waals surface area (Å²) in [6.45, 7) is 3.47. The Kier molecular flexibility index (Phi) is 6.35. The van der Waals surface area contributed by atoms with Crippen molar-refractivity contribution in [1.82, 2.24) is 4.90 Å². The van der Waals surface area contributed by atoms with Gasteiger partial charge in [0.05, 0.1) is 6.10 Å². The number of carbonyl (C=O) groups is 1. The molecule has 2 saturated heterocycles. The fraction of sp³-hybridized carbons (Fsp3) is 0.632. The van der Waals surface area contributed by atoms with Gasteiger partial charge in [-0.2, -0.15) is 0 Å². The fourth-order valence-corrected chi connectivity index (χ4v) is 3.35. The van der Waals surface area contributed by atoms with Crippen LogP contribution in [0.5, 0.6) is 0 Å². The van der Waals surface area contributed by atoms with Crippen molar-refractivity contribution in [3.8, 4) is 0 Å². The molecule has 2 aliphatic rings. The van der Waals surface area contributed by atoms with Crippen molar-refractivity contribution in [2.24, 2.45) is 0 Å². The SMILES string of the molecule is O=C(Nc1ccc(NC[C@@H]2CCCCO2)cc1)N1CCCCCC1. The van der Waals surface area contributed by atoms with Crippen molar-refractivity contribution in [3.63, 3.8) is 0 Å². The predicted molar refractivity (Wildman–Crippen MR) is 97.6 cm³/mol. The number of hydrogen-bond acceptors (Lipinski definition) is 3. The third kappa shape index (κ3) is 5.13. The molecule has 24 heavy (non-hydrogen) atoms. The highest BCUT2D eigenvalue weighted by Gasteiger charge is 2.15. The summed E-state index contributed by atoms with van der Waals surface area (Å²) in [5, 5.41) is 6.43. The first-order valence-corrected chi connectivity index (χ1v) is 9.33. The minimum atomic E-state index is 0.0215. The number of urea groups is 1. The first kappa shape index (κ1) is 17.1. The zero-order valence-corrected chi connectivity index (χ0v) is 14.4. The van der Waals surface area contributed by atoms with Crippen LogP contribution in [0.4, 0.5) is 16.2 Å². The number of carbonyl (C=O) groups excluding carboxylic acids is 1. The Labute approximate surface area is 144 Å². The Hall–Kier alpha value is -1.75. The van der Waals surface area contributed by atoms with Gasteiger partial charge in [-0.1, -0.05) is 12.8 Å². The summed E-state index contributed by atoms with van der Waals surface area (Å²) in [4.78, 5) is 14.3. The van der Waals surface area contributed by atoms with Crippen LogP contribution in [0.2, 0.25) is 0 Å². The first-order valence-electron chi connectivity index (χ1n) is 9.33. The molecule has 0 saturated carbocycles. The second-order valence-corrected chi connectivity index (χ2v) is 6.78. The monoisotopic (exact) mass is 331 g/mol. The zero-order valence-electron chi connectivity index (χ0n) is 14.4. The van der Waals surface area contributed by atoms with Gasteiger partial charge in [-0.05, 0) is 56.4 Å². The number of anilines is 2. The third-order valence-corrected chi connectivity index (χ3v) is 4.84. The number of nitrogens with zero attached hydrogens (tertiary/aromatic N) is 1. The van der Waals surface area contributed by atoms with Crippen molar-refractivity contribution in [2.45, 2.75) is 51.0 Å². The van der Waals surface area contributed by atoms with E-state index in [1.54, 1.807) is 0 Å². The Morgan fingerprint density at radius 3 is 2.38 bits per heavy atom. The second kappa shape index (κ2) is 8.92. The molecule has 2 amide bonds. The molecule has 0 aromatic heterocycles. The summed E-state index contributed by atoms with van der Waals surface area (Å²) < 4.78 is 5.73. The molecule has 0 unspecified atom stereocenters. The van der Waals surface area contributed by atoms with Crippen LogP contribution < -0.4 is 10.6 Å². The van der Waals surface area contributed by atoms with E-state index in [-0.39, 0.29) is 6.03 Å². The average Bonchev–Trinajstić information content (AvgIpc) is 2.91. The number of hydrogen-bond donors (Lipinski definition) is 2. The van der Waals surface area contributed by atoms with Gasteiger partial charge in [-0.3, -0.25) is 0 Å². The molecule has 3 rings (SSSR count). The lowest BCUT2D eigenvalue weighted by molar-refractivity contribution is 0.0247. The van der Waals surface area contributed by atoms with Crippen LogP contribution in [0.25, 0.3) is 0 Å². The molecular formula is C19H29N3O2. The Morgan fingerprint density at radius 1 is 1.00 bits per heavy atom. The van der Waals surface area contributed by atoms with E-state index < -0.39 is 0 Å². The first-order chi connectivity index (χ1) is 11.8. The molecule has 0 aliphatic carbocycles. The number of rotatable bonds is 4. The van der Waals surface area contributed by atoms with E-state index in [0.717, 1.165) is 56.9 Å². The minimum Gasteiger partial charge on any atom is -0.382 e. The van der Waals surface area contributed by atoms with Crippen LogP contribution in [0.1, 0.15) is 44.9 Å². The van der Waals surface area contributed by atoms with Gasteiger partial charge in [0.1, 0.15) is 0 Å². The summed E-state index contributed by atoms with van der Waals surface area (Å²) in [5.41, 5.74) is 1.92. The predicted octanol–water partition coefficient (Wildman–Crippen LogP) is 4.08. The molecule has 2 fully saturated rings. The van der Waals surface area contributed by atoms with E-state index in [2.05, 4.69) is 10.6 Å². The molecule has 0 bridgehead atoms. The van der Waals surface area contributed by atoms with Gasteiger partial charge in [0.2, 0.25) is 0 Å². The van der Waals surface area contributed by atoms with Crippen molar-refractivity contribution < 1.29 is 9.53 Å². The van der Waals surface area contributed by atoms with Gasteiger partial charge in [0, 0.05) is 37.6 Å². The number of amides is 2. The van der Waals surface area contributed by atoms with Gasteiger partial charge in [0.25, 0.3) is 0 Å². The van der Waals surface area contributed by atoms with Crippen LogP contribution in [-0.2, 0) is 4.74 Å². The van der Waals surface area contributed by atoms with Gasteiger partial charge < -0.3 is 20.3 Å². The Morgan fingerprint density at radius 2 is 1.71 bits per heavy atom. The van der Waals surface area contributed by atoms with E-state index in [9.17, 15) is 4.79 Å². The standard InChI is InChI=1S/C19H29N3O2/c23-19(22-12-4-1-2-5-13-22)21-17-10-8-16(9-11-17)20-15-18-7-3-6-14-24-18/h8-11,18,20H,1-7,12-15H2,(H,21,23)/t18-/m0/s1. The summed E-state index contributed by atoms with van der Waals surface area (Å²) >= 11 is 0. The van der Waals surface area contributed by atoms with Crippen LogP contribution in [0.3, 0.4) is 0 Å². The van der Waals surface area contributed by atoms with Crippen molar-refractivity contribution in [2.75, 3.05) is 36.9 Å². The number of nitrogens with one attached hydrogen (secondary N) is 2. The summed E-state index contributed by atoms with van der Waals surface area (Å²) in [6, 6.07) is 7.97. The molecule has 2 aliphatic heterocycles. The topological polar surface area (TPSA) is 53.6 Å². The van der Waals surface area contributed by atoms with E-state index in [4.69, 9.17) is 4.74 Å². The van der Waals surface area contributed by atoms with Crippen molar-refractivity contribution in [1.29, 1.82) is 0 Å². The highest BCUT2D eigenvalue weighted by Crippen LogP contribution is 2.17. The maximum atomic E-state index is 12.3. The van der Waals surface area contributed by atoms with Crippen LogP contribution in [-0.4, -0.2) is 43.3 Å². The average molecular weight is 331 g/mol. The zero-order chi connectivity index (χ0) is 16.6. The van der Waals surface area contributed by atoms with Crippen molar-refractivity contribution in [3.05, 3.63) is 24.3 Å². The lowest BCUT2D eigenvalue weighted by Gasteiger charge is -2.23. The molecule has 1 atom stereocenters. The summed E-state index contributed by atoms with van der Waals surface area (Å²) in [5.74, 6) is 0. The molecule has 0 radical (unpaired) electrons. The fourth-order valence-electron chi connectivity index (χ4n) is 3.35. The number of ether oxygens (including phenoxy) is 1. The Balaban J connectivity index is 1.45. The smallest absolute Gasteiger partial charge is 0.321 e. The minimum absolute atomic E-state index is 0.0215. The van der Waals surface area contributed by atoms with Crippen LogP contribution >= 0.6 is 0 Å². The molecular weight excluding hydrogens is 302 g/mol. The van der Waals surface area contributed by atoms with Crippen LogP contribution in [0.15, 0.2) is 24.3 Å². The third-order valence-electron chi connectivity index (χ3n) is 4.84. The molecule has 5 heteroatoms. The van der Waals surface area contributed by atoms with Gasteiger partial charge in [-0.25, -0.2) is 4.79 Å². The highest BCUT2D eigenvalue weighted by atomic mass is 16.5. The molecule has 0 spiro atoms. The summed E-state index contributed by atoms with van der Waals surface area (Å²) in [6.07, 6.45) is 8.58. The molecule has 5 nitrogen and oxygen atoms in total. The largest absolute Gasteiger partial charge is 0.382 e. The maximum Gasteiger partial charge on any atom is 0.321 e. The lowest BCUT2D eigenvalue weighted by Crippen LogP contribution is -2.35. The lowest BCUT2D eigenvalue weighted by atomic mass is 10.1. The molecule has 132 valence electrons. The van der Waals surface area contributed by atoms with Gasteiger partial charge in [-0.15, -0.1) is 0 Å². The van der Waals surface area contributed by atoms with E-state index in [1.807, 2.05) is 29.2 Å². The maximum absolute atomic E-state index is 12.3.